The van der Waals surface area contributed by atoms with Crippen LogP contribution in [0.3, 0.4) is 0 Å². The first kappa shape index (κ1) is 18.4. The first-order valence-electron chi connectivity index (χ1n) is 7.52. The number of nitrogens with zero attached hydrogens (tertiary/aromatic N) is 1. The molecule has 0 radical (unpaired) electrons. The third kappa shape index (κ3) is 8.25. The molecule has 0 aromatic rings. The monoisotopic (exact) mass is 271 g/mol. The van der Waals surface area contributed by atoms with Gasteiger partial charge in [0.15, 0.2) is 0 Å². The van der Waals surface area contributed by atoms with Gasteiger partial charge in [0.25, 0.3) is 0 Å². The van der Waals surface area contributed by atoms with Gasteiger partial charge in [-0.3, -0.25) is 4.79 Å². The largest absolute Gasteiger partial charge is 0.465 e. The molecule has 0 fully saturated rings. The maximum atomic E-state index is 12.1. The molecule has 0 N–H and O–H groups in total. The standard InChI is InChI=1S/C16H33NO2/c1-8-17(9-2)11-10-12-19-14(18)16(6,7)13-15(3,4)5/h8-13H2,1-7H3. The molecule has 0 bridgehead atoms. The fourth-order valence-corrected chi connectivity index (χ4v) is 2.59. The third-order valence-corrected chi connectivity index (χ3v) is 3.27. The van der Waals surface area contributed by atoms with Crippen molar-refractivity contribution in [1.29, 1.82) is 0 Å². The Balaban J connectivity index is 4.04. The summed E-state index contributed by atoms with van der Waals surface area (Å²) in [6.07, 6.45) is 1.76. The Hall–Kier alpha value is -0.570. The van der Waals surface area contributed by atoms with Crippen LogP contribution in [0.2, 0.25) is 0 Å². The minimum absolute atomic E-state index is 0.0676. The summed E-state index contributed by atoms with van der Waals surface area (Å²) in [6, 6.07) is 0. The molecule has 0 aromatic carbocycles. The molecule has 0 heterocycles. The molecule has 3 nitrogen and oxygen atoms in total. The molecule has 0 aliphatic rings. The zero-order chi connectivity index (χ0) is 15.1. The number of hydrogen-bond donors (Lipinski definition) is 0. The van der Waals surface area contributed by atoms with Crippen molar-refractivity contribution in [3.63, 3.8) is 0 Å². The quantitative estimate of drug-likeness (QED) is 0.498. The summed E-state index contributed by atoms with van der Waals surface area (Å²) >= 11 is 0. The lowest BCUT2D eigenvalue weighted by molar-refractivity contribution is -0.155. The van der Waals surface area contributed by atoms with Crippen LogP contribution in [-0.4, -0.2) is 37.1 Å². The highest BCUT2D eigenvalue weighted by molar-refractivity contribution is 5.75. The average molecular weight is 271 g/mol. The van der Waals surface area contributed by atoms with Gasteiger partial charge in [-0.25, -0.2) is 0 Å². The summed E-state index contributed by atoms with van der Waals surface area (Å²) in [6.45, 7) is 18.4. The zero-order valence-corrected chi connectivity index (χ0v) is 14.0. The first-order valence-corrected chi connectivity index (χ1v) is 7.52. The molecule has 0 rings (SSSR count). The van der Waals surface area contributed by atoms with Crippen molar-refractivity contribution in [2.75, 3.05) is 26.2 Å². The van der Waals surface area contributed by atoms with Gasteiger partial charge in [0.1, 0.15) is 0 Å². The Morgan fingerprint density at radius 1 is 1.05 bits per heavy atom. The molecule has 0 aliphatic heterocycles. The Morgan fingerprint density at radius 2 is 1.58 bits per heavy atom. The second-order valence-corrected chi connectivity index (χ2v) is 7.14. The molecule has 0 atom stereocenters. The second kappa shape index (κ2) is 7.88. The van der Waals surface area contributed by atoms with E-state index in [1.807, 2.05) is 13.8 Å². The van der Waals surface area contributed by atoms with Gasteiger partial charge < -0.3 is 9.64 Å². The van der Waals surface area contributed by atoms with Crippen LogP contribution in [0.15, 0.2) is 0 Å². The molecule has 19 heavy (non-hydrogen) atoms. The van der Waals surface area contributed by atoms with E-state index in [0.29, 0.717) is 6.61 Å². The number of rotatable bonds is 8. The molecule has 3 heteroatoms. The van der Waals surface area contributed by atoms with Crippen LogP contribution in [0.5, 0.6) is 0 Å². The maximum absolute atomic E-state index is 12.1. The summed E-state index contributed by atoms with van der Waals surface area (Å²) in [5.41, 5.74) is -0.253. The molecule has 0 saturated heterocycles. The van der Waals surface area contributed by atoms with Gasteiger partial charge in [-0.05, 0) is 45.2 Å². The van der Waals surface area contributed by atoms with Crippen LogP contribution in [0.25, 0.3) is 0 Å². The highest BCUT2D eigenvalue weighted by Gasteiger charge is 2.33. The summed E-state index contributed by atoms with van der Waals surface area (Å²) in [5.74, 6) is -0.0676. The summed E-state index contributed by atoms with van der Waals surface area (Å²) in [7, 11) is 0. The molecule has 114 valence electrons. The number of carbonyl (C=O) groups is 1. The van der Waals surface area contributed by atoms with Crippen molar-refractivity contribution in [3.05, 3.63) is 0 Å². The van der Waals surface area contributed by atoms with Gasteiger partial charge in [0, 0.05) is 6.54 Å². The van der Waals surface area contributed by atoms with Crippen LogP contribution in [0.4, 0.5) is 0 Å². The molecule has 0 aromatic heterocycles. The predicted molar refractivity (Wildman–Crippen MR) is 81.2 cm³/mol. The summed E-state index contributed by atoms with van der Waals surface area (Å²) < 4.78 is 5.43. The molecule has 0 aliphatic carbocycles. The van der Waals surface area contributed by atoms with Gasteiger partial charge >= 0.3 is 5.97 Å². The van der Waals surface area contributed by atoms with Crippen LogP contribution in [0.1, 0.15) is 61.3 Å². The van der Waals surface area contributed by atoms with Crippen LogP contribution < -0.4 is 0 Å². The van der Waals surface area contributed by atoms with Crippen LogP contribution in [-0.2, 0) is 9.53 Å². The van der Waals surface area contributed by atoms with E-state index in [1.54, 1.807) is 0 Å². The minimum atomic E-state index is -0.395. The second-order valence-electron chi connectivity index (χ2n) is 7.14. The van der Waals surface area contributed by atoms with Gasteiger partial charge in [-0.2, -0.15) is 0 Å². The van der Waals surface area contributed by atoms with Crippen molar-refractivity contribution in [3.8, 4) is 0 Å². The predicted octanol–water partition coefficient (Wildman–Crippen LogP) is 3.72. The van der Waals surface area contributed by atoms with E-state index in [0.717, 1.165) is 32.5 Å². The van der Waals surface area contributed by atoms with E-state index in [-0.39, 0.29) is 11.4 Å². The van der Waals surface area contributed by atoms with E-state index in [1.165, 1.54) is 0 Å². The molecule has 0 spiro atoms. The maximum Gasteiger partial charge on any atom is 0.311 e. The molecular formula is C16H33NO2. The third-order valence-electron chi connectivity index (χ3n) is 3.27. The number of carbonyl (C=O) groups excluding carboxylic acids is 1. The molecule has 0 saturated carbocycles. The summed E-state index contributed by atoms with van der Waals surface area (Å²) in [4.78, 5) is 14.4. The molecule has 0 unspecified atom stereocenters. The molecular weight excluding hydrogens is 238 g/mol. The Bertz CT molecular complexity index is 262. The van der Waals surface area contributed by atoms with Crippen LogP contribution >= 0.6 is 0 Å². The van der Waals surface area contributed by atoms with Crippen molar-refractivity contribution in [2.24, 2.45) is 10.8 Å². The average Bonchev–Trinajstić information content (AvgIpc) is 2.25. The van der Waals surface area contributed by atoms with Crippen molar-refractivity contribution in [2.45, 2.75) is 61.3 Å². The van der Waals surface area contributed by atoms with Gasteiger partial charge in [-0.15, -0.1) is 0 Å². The highest BCUT2D eigenvalue weighted by atomic mass is 16.5. The van der Waals surface area contributed by atoms with Crippen molar-refractivity contribution < 1.29 is 9.53 Å². The number of esters is 1. The Morgan fingerprint density at radius 3 is 2.00 bits per heavy atom. The molecule has 0 amide bonds. The lowest BCUT2D eigenvalue weighted by atomic mass is 9.76. The first-order chi connectivity index (χ1) is 8.62. The SMILES string of the molecule is CCN(CC)CCCOC(=O)C(C)(C)CC(C)(C)C. The fraction of sp³-hybridized carbons (Fsp3) is 0.938. The number of hydrogen-bond acceptors (Lipinski definition) is 3. The number of ether oxygens (including phenoxy) is 1. The normalized spacial score (nSPS) is 12.8. The van der Waals surface area contributed by atoms with Crippen LogP contribution in [0, 0.1) is 10.8 Å². The van der Waals surface area contributed by atoms with E-state index in [2.05, 4.69) is 39.5 Å². The zero-order valence-electron chi connectivity index (χ0n) is 14.0. The van der Waals surface area contributed by atoms with Crippen molar-refractivity contribution >= 4 is 5.97 Å². The van der Waals surface area contributed by atoms with Crippen molar-refractivity contribution in [1.82, 2.24) is 4.90 Å². The van der Waals surface area contributed by atoms with Gasteiger partial charge in [0.2, 0.25) is 0 Å². The fourth-order valence-electron chi connectivity index (χ4n) is 2.59. The smallest absolute Gasteiger partial charge is 0.311 e. The highest BCUT2D eigenvalue weighted by Crippen LogP contribution is 2.34. The van der Waals surface area contributed by atoms with Gasteiger partial charge in [-0.1, -0.05) is 34.6 Å². The van der Waals surface area contributed by atoms with E-state index in [4.69, 9.17) is 4.74 Å². The lowest BCUT2D eigenvalue weighted by Gasteiger charge is -2.30. The Kier molecular flexibility index (Phi) is 7.65. The van der Waals surface area contributed by atoms with E-state index >= 15 is 0 Å². The minimum Gasteiger partial charge on any atom is -0.465 e. The van der Waals surface area contributed by atoms with Gasteiger partial charge in [0.05, 0.1) is 12.0 Å². The summed E-state index contributed by atoms with van der Waals surface area (Å²) in [5, 5.41) is 0. The topological polar surface area (TPSA) is 29.5 Å². The van der Waals surface area contributed by atoms with E-state index in [9.17, 15) is 4.79 Å². The lowest BCUT2D eigenvalue weighted by Crippen LogP contribution is -2.32. The Labute approximate surface area is 119 Å². The van der Waals surface area contributed by atoms with E-state index < -0.39 is 5.41 Å².